The van der Waals surface area contributed by atoms with Crippen molar-refractivity contribution >= 4 is 6.03 Å². The number of fused-ring (bicyclic) bond motifs is 1. The van der Waals surface area contributed by atoms with E-state index in [0.717, 1.165) is 29.0 Å². The first-order valence-electron chi connectivity index (χ1n) is 10.0. The molecule has 7 nitrogen and oxygen atoms in total. The summed E-state index contributed by atoms with van der Waals surface area (Å²) in [6.07, 6.45) is 0.788. The van der Waals surface area contributed by atoms with E-state index in [1.807, 2.05) is 49.3 Å². The molecule has 1 N–H and O–H groups in total. The van der Waals surface area contributed by atoms with Gasteiger partial charge in [0.2, 0.25) is 0 Å². The standard InChI is InChI=1S/C23H31N3O4/c1-25(2)20(17-7-6-8-19(11-17)28-3)14-24-23(27)26-10-9-16-12-21(29-4)22(30-5)13-18(16)15-26/h6-8,11-13,20H,9-10,14-15H2,1-5H3,(H,24,27)/t20-/m1/s1. The van der Waals surface area contributed by atoms with Crippen LogP contribution in [0.1, 0.15) is 22.7 Å². The summed E-state index contributed by atoms with van der Waals surface area (Å²) in [6, 6.07) is 11.9. The summed E-state index contributed by atoms with van der Waals surface area (Å²) in [4.78, 5) is 16.8. The maximum Gasteiger partial charge on any atom is 0.317 e. The van der Waals surface area contributed by atoms with Crippen LogP contribution >= 0.6 is 0 Å². The monoisotopic (exact) mass is 413 g/mol. The van der Waals surface area contributed by atoms with Gasteiger partial charge in [0.25, 0.3) is 0 Å². The lowest BCUT2D eigenvalue weighted by Crippen LogP contribution is -2.45. The zero-order chi connectivity index (χ0) is 21.7. The van der Waals surface area contributed by atoms with Crippen LogP contribution in [-0.2, 0) is 13.0 Å². The van der Waals surface area contributed by atoms with E-state index in [2.05, 4.69) is 16.3 Å². The van der Waals surface area contributed by atoms with Gasteiger partial charge in [-0.3, -0.25) is 0 Å². The highest BCUT2D eigenvalue weighted by Crippen LogP contribution is 2.33. The van der Waals surface area contributed by atoms with Crippen molar-refractivity contribution in [2.75, 3.05) is 48.5 Å². The zero-order valence-corrected chi connectivity index (χ0v) is 18.4. The number of nitrogens with zero attached hydrogens (tertiary/aromatic N) is 2. The summed E-state index contributed by atoms with van der Waals surface area (Å²) < 4.78 is 16.1. The van der Waals surface area contributed by atoms with Gasteiger partial charge in [-0.1, -0.05) is 12.1 Å². The Labute approximate surface area is 178 Å². The third-order valence-electron chi connectivity index (χ3n) is 5.55. The SMILES string of the molecule is COc1cccc([C@@H](CNC(=O)N2CCc3cc(OC)c(OC)cc3C2)N(C)C)c1. The molecule has 1 aliphatic rings. The highest BCUT2D eigenvalue weighted by atomic mass is 16.5. The Kier molecular flexibility index (Phi) is 7.05. The van der Waals surface area contributed by atoms with Crippen molar-refractivity contribution in [3.8, 4) is 17.2 Å². The van der Waals surface area contributed by atoms with Gasteiger partial charge < -0.3 is 29.3 Å². The molecule has 0 saturated carbocycles. The molecule has 3 rings (SSSR count). The topological polar surface area (TPSA) is 63.3 Å². The summed E-state index contributed by atoms with van der Waals surface area (Å²) in [6.45, 7) is 1.72. The van der Waals surface area contributed by atoms with E-state index >= 15 is 0 Å². The maximum atomic E-state index is 12.9. The van der Waals surface area contributed by atoms with Gasteiger partial charge in [0.05, 0.1) is 27.4 Å². The summed E-state index contributed by atoms with van der Waals surface area (Å²) in [5.74, 6) is 2.22. The van der Waals surface area contributed by atoms with Gasteiger partial charge in [-0.25, -0.2) is 4.79 Å². The second-order valence-electron chi connectivity index (χ2n) is 7.59. The van der Waals surface area contributed by atoms with Crippen molar-refractivity contribution in [1.82, 2.24) is 15.1 Å². The number of hydrogen-bond acceptors (Lipinski definition) is 5. The van der Waals surface area contributed by atoms with Crippen LogP contribution in [0.3, 0.4) is 0 Å². The Morgan fingerprint density at radius 2 is 1.77 bits per heavy atom. The molecule has 2 amide bonds. The molecule has 0 aromatic heterocycles. The van der Waals surface area contributed by atoms with Gasteiger partial charge in [0, 0.05) is 19.6 Å². The van der Waals surface area contributed by atoms with Crippen LogP contribution in [0, 0.1) is 0 Å². The minimum atomic E-state index is -0.0646. The second kappa shape index (κ2) is 9.71. The molecule has 1 atom stereocenters. The number of hydrogen-bond donors (Lipinski definition) is 1. The molecule has 30 heavy (non-hydrogen) atoms. The van der Waals surface area contributed by atoms with Crippen molar-refractivity contribution in [1.29, 1.82) is 0 Å². The van der Waals surface area contributed by atoms with Crippen molar-refractivity contribution in [3.63, 3.8) is 0 Å². The molecule has 7 heteroatoms. The van der Waals surface area contributed by atoms with E-state index in [1.54, 1.807) is 21.3 Å². The lowest BCUT2D eigenvalue weighted by Gasteiger charge is -2.31. The van der Waals surface area contributed by atoms with Crippen molar-refractivity contribution in [2.45, 2.75) is 19.0 Å². The molecule has 0 aliphatic carbocycles. The molecule has 0 spiro atoms. The Bertz CT molecular complexity index is 885. The van der Waals surface area contributed by atoms with E-state index < -0.39 is 0 Å². The average molecular weight is 414 g/mol. The molecule has 2 aromatic rings. The fourth-order valence-corrected chi connectivity index (χ4v) is 3.80. The highest BCUT2D eigenvalue weighted by Gasteiger charge is 2.24. The summed E-state index contributed by atoms with van der Waals surface area (Å²) in [5, 5.41) is 3.10. The first-order chi connectivity index (χ1) is 14.5. The van der Waals surface area contributed by atoms with Crippen LogP contribution < -0.4 is 19.5 Å². The lowest BCUT2D eigenvalue weighted by atomic mass is 9.99. The van der Waals surface area contributed by atoms with Crippen LogP contribution in [0.25, 0.3) is 0 Å². The van der Waals surface area contributed by atoms with E-state index in [-0.39, 0.29) is 12.1 Å². The lowest BCUT2D eigenvalue weighted by molar-refractivity contribution is 0.187. The van der Waals surface area contributed by atoms with Crippen LogP contribution in [0.5, 0.6) is 17.2 Å². The molecule has 0 radical (unpaired) electrons. The van der Waals surface area contributed by atoms with Gasteiger partial charge in [0.1, 0.15) is 5.75 Å². The molecule has 0 fully saturated rings. The minimum absolute atomic E-state index is 0.0467. The molecular formula is C23H31N3O4. The van der Waals surface area contributed by atoms with Crippen LogP contribution in [0.2, 0.25) is 0 Å². The number of methoxy groups -OCH3 is 3. The van der Waals surface area contributed by atoms with Crippen LogP contribution in [-0.4, -0.2) is 64.3 Å². The Morgan fingerprint density at radius 1 is 1.07 bits per heavy atom. The predicted octanol–water partition coefficient (Wildman–Crippen LogP) is 3.08. The zero-order valence-electron chi connectivity index (χ0n) is 18.4. The van der Waals surface area contributed by atoms with Crippen molar-refractivity contribution in [2.24, 2.45) is 0 Å². The normalized spacial score (nSPS) is 14.1. The molecule has 0 bridgehead atoms. The van der Waals surface area contributed by atoms with Crippen molar-refractivity contribution < 1.29 is 19.0 Å². The Morgan fingerprint density at radius 3 is 2.40 bits per heavy atom. The summed E-state index contributed by atoms with van der Waals surface area (Å²) in [5.41, 5.74) is 3.38. The molecule has 1 aliphatic heterocycles. The van der Waals surface area contributed by atoms with Crippen LogP contribution in [0.4, 0.5) is 4.79 Å². The van der Waals surface area contributed by atoms with E-state index in [4.69, 9.17) is 14.2 Å². The van der Waals surface area contributed by atoms with E-state index in [0.29, 0.717) is 25.4 Å². The number of carbonyl (C=O) groups is 1. The second-order valence-corrected chi connectivity index (χ2v) is 7.59. The maximum absolute atomic E-state index is 12.9. The molecule has 0 unspecified atom stereocenters. The fraction of sp³-hybridized carbons (Fsp3) is 0.435. The number of ether oxygens (including phenoxy) is 3. The van der Waals surface area contributed by atoms with Crippen molar-refractivity contribution in [3.05, 3.63) is 53.1 Å². The Balaban J connectivity index is 1.67. The number of benzene rings is 2. The Hall–Kier alpha value is -2.93. The summed E-state index contributed by atoms with van der Waals surface area (Å²) >= 11 is 0. The number of urea groups is 1. The molecular weight excluding hydrogens is 382 g/mol. The van der Waals surface area contributed by atoms with Crippen LogP contribution in [0.15, 0.2) is 36.4 Å². The quantitative estimate of drug-likeness (QED) is 0.756. The molecule has 1 heterocycles. The third kappa shape index (κ3) is 4.79. The predicted molar refractivity (Wildman–Crippen MR) is 116 cm³/mol. The average Bonchev–Trinajstić information content (AvgIpc) is 2.77. The van der Waals surface area contributed by atoms with Gasteiger partial charge in [0.15, 0.2) is 11.5 Å². The first kappa shape index (κ1) is 21.8. The first-order valence-corrected chi connectivity index (χ1v) is 10.0. The molecule has 0 saturated heterocycles. The molecule has 162 valence electrons. The number of amides is 2. The largest absolute Gasteiger partial charge is 0.497 e. The number of rotatable bonds is 7. The van der Waals surface area contributed by atoms with E-state index in [1.165, 1.54) is 5.56 Å². The number of nitrogens with one attached hydrogen (secondary N) is 1. The van der Waals surface area contributed by atoms with Gasteiger partial charge in [-0.2, -0.15) is 0 Å². The fourth-order valence-electron chi connectivity index (χ4n) is 3.80. The smallest absolute Gasteiger partial charge is 0.317 e. The van der Waals surface area contributed by atoms with Gasteiger partial charge in [-0.15, -0.1) is 0 Å². The number of likely N-dealkylation sites (N-methyl/N-ethyl adjacent to an activating group) is 1. The van der Waals surface area contributed by atoms with Gasteiger partial charge in [-0.05, 0) is 61.5 Å². The highest BCUT2D eigenvalue weighted by molar-refractivity contribution is 5.74. The third-order valence-corrected chi connectivity index (χ3v) is 5.55. The minimum Gasteiger partial charge on any atom is -0.497 e. The molecule has 2 aromatic carbocycles. The summed E-state index contributed by atoms with van der Waals surface area (Å²) in [7, 11) is 8.93. The van der Waals surface area contributed by atoms with Gasteiger partial charge >= 0.3 is 6.03 Å². The van der Waals surface area contributed by atoms with E-state index in [9.17, 15) is 4.79 Å². The number of carbonyl (C=O) groups excluding carboxylic acids is 1.